The van der Waals surface area contributed by atoms with Crippen molar-refractivity contribution in [2.75, 3.05) is 17.6 Å². The number of nitrogens with one attached hydrogen (secondary N) is 1. The van der Waals surface area contributed by atoms with Crippen LogP contribution in [0.4, 0.5) is 37.3 Å². The fourth-order valence-electron chi connectivity index (χ4n) is 7.77. The number of thiazole rings is 1. The Morgan fingerprint density at radius 3 is 2.48 bits per heavy atom. The number of rotatable bonds is 11. The van der Waals surface area contributed by atoms with Crippen molar-refractivity contribution < 1.29 is 36.2 Å². The van der Waals surface area contributed by atoms with Gasteiger partial charge in [-0.1, -0.05) is 23.5 Å². The quantitative estimate of drug-likeness (QED) is 0.106. The summed E-state index contributed by atoms with van der Waals surface area (Å²) in [5, 5.41) is 22.6. The van der Waals surface area contributed by atoms with Crippen LogP contribution in [0.15, 0.2) is 42.5 Å². The molecule has 4 heterocycles. The predicted octanol–water partition coefficient (Wildman–Crippen LogP) is 6.68. The number of carbonyl (C=O) groups excluding carboxylic acids is 1. The summed E-state index contributed by atoms with van der Waals surface area (Å²) in [5.74, 6) is -10.1. The van der Waals surface area contributed by atoms with Crippen LogP contribution in [-0.4, -0.2) is 52.7 Å². The molecule has 1 fully saturated rings. The Bertz CT molecular complexity index is 2470. The first kappa shape index (κ1) is 35.8. The van der Waals surface area contributed by atoms with Crippen LogP contribution in [0, 0.1) is 17.6 Å². The van der Waals surface area contributed by atoms with E-state index in [2.05, 4.69) is 20.5 Å². The zero-order valence-electron chi connectivity index (χ0n) is 28.9. The Kier molecular flexibility index (Phi) is 8.22. The third-order valence-electron chi connectivity index (χ3n) is 10.1. The summed E-state index contributed by atoms with van der Waals surface area (Å²) in [5.41, 5.74) is 10.6. The number of aliphatic hydroxyl groups is 1. The molecule has 0 saturated heterocycles. The monoisotopic (exact) mass is 769 g/mol. The lowest BCUT2D eigenvalue weighted by Crippen LogP contribution is -2.37. The van der Waals surface area contributed by atoms with Gasteiger partial charge in [-0.3, -0.25) is 9.48 Å². The van der Waals surface area contributed by atoms with E-state index in [1.165, 1.54) is 16.0 Å². The molecule has 2 aliphatic rings. The summed E-state index contributed by atoms with van der Waals surface area (Å²) in [6.07, 6.45) is -3.70. The van der Waals surface area contributed by atoms with Crippen molar-refractivity contribution in [2.45, 2.75) is 62.5 Å². The molecule has 4 aromatic heterocycles. The second-order valence-electron chi connectivity index (χ2n) is 14.5. The zero-order chi connectivity index (χ0) is 38.6. The number of hydrogen-bond donors (Lipinski definition) is 4. The number of pyridine rings is 1. The van der Waals surface area contributed by atoms with Gasteiger partial charge < -0.3 is 21.9 Å². The van der Waals surface area contributed by atoms with Crippen molar-refractivity contribution in [1.29, 1.82) is 0 Å². The number of primary amides is 1. The summed E-state index contributed by atoms with van der Waals surface area (Å²) in [4.78, 5) is 23.2. The number of amides is 1. The van der Waals surface area contributed by atoms with Crippen LogP contribution in [0.5, 0.6) is 0 Å². The van der Waals surface area contributed by atoms with Crippen molar-refractivity contribution in [1.82, 2.24) is 29.5 Å². The number of nitrogen functional groups attached to an aromatic ring is 1. The standard InChI is InChI=1S/C36H33F6N9O2S/c1-35(2,53)13-45-34-47-33-23(54-34)12-19(17-5-4-6-18-27(17)50(3)49-31(18)43)25(46-33)21(9-14-7-15(37)10-16(38)8-14)28(32(44)52)51-29-24(26(48-51)30(39)40)20-11-22(20)36(29,41)42/h4-8,10,12,20-22,28,30,53H,9,11,13H2,1-3H3,(H2,43,49)(H2,44,52)(H,45,46,47)/t20-,21+,22+,28?/m0/s1. The Morgan fingerprint density at radius 2 is 1.81 bits per heavy atom. The van der Waals surface area contributed by atoms with Crippen LogP contribution in [0.25, 0.3) is 32.4 Å². The van der Waals surface area contributed by atoms with E-state index in [4.69, 9.17) is 16.5 Å². The maximum Gasteiger partial charge on any atom is 0.293 e. The number of aryl methyl sites for hydroxylation is 1. The van der Waals surface area contributed by atoms with Crippen molar-refractivity contribution >= 4 is 49.4 Å². The Balaban J connectivity index is 1.42. The van der Waals surface area contributed by atoms with E-state index in [-0.39, 0.29) is 41.3 Å². The topological polar surface area (TPSA) is 163 Å². The van der Waals surface area contributed by atoms with Gasteiger partial charge in [0.15, 0.2) is 16.6 Å². The van der Waals surface area contributed by atoms with E-state index >= 15 is 8.78 Å². The van der Waals surface area contributed by atoms with Crippen LogP contribution in [-0.2, 0) is 24.2 Å². The lowest BCUT2D eigenvalue weighted by atomic mass is 9.84. The third-order valence-corrected chi connectivity index (χ3v) is 11.0. The molecule has 54 heavy (non-hydrogen) atoms. The van der Waals surface area contributed by atoms with Crippen LogP contribution in [0.3, 0.4) is 0 Å². The number of para-hydroxylation sites is 1. The minimum absolute atomic E-state index is 0.00196. The first-order valence-electron chi connectivity index (χ1n) is 16.9. The van der Waals surface area contributed by atoms with E-state index in [0.717, 1.165) is 12.1 Å². The molecule has 1 saturated carbocycles. The summed E-state index contributed by atoms with van der Waals surface area (Å²) >= 11 is 1.19. The van der Waals surface area contributed by atoms with Crippen molar-refractivity contribution in [3.05, 3.63) is 82.3 Å². The molecule has 8 rings (SSSR count). The maximum atomic E-state index is 16.0. The Morgan fingerprint density at radius 1 is 1.09 bits per heavy atom. The van der Waals surface area contributed by atoms with Gasteiger partial charge in [-0.25, -0.2) is 32.2 Å². The molecule has 6 aromatic rings. The number of alkyl halides is 4. The molecule has 0 radical (unpaired) electrons. The smallest absolute Gasteiger partial charge is 0.293 e. The third kappa shape index (κ3) is 5.91. The molecule has 0 aliphatic heterocycles. The van der Waals surface area contributed by atoms with Crippen LogP contribution in [0.1, 0.15) is 72.8 Å². The van der Waals surface area contributed by atoms with E-state index in [9.17, 15) is 27.5 Å². The number of benzene rings is 2. The van der Waals surface area contributed by atoms with Gasteiger partial charge in [0, 0.05) is 53.6 Å². The number of halogens is 6. The second kappa shape index (κ2) is 12.4. The van der Waals surface area contributed by atoms with Gasteiger partial charge in [0.05, 0.1) is 21.5 Å². The van der Waals surface area contributed by atoms with Gasteiger partial charge >= 0.3 is 0 Å². The first-order valence-corrected chi connectivity index (χ1v) is 17.8. The van der Waals surface area contributed by atoms with E-state index < -0.39 is 77.1 Å². The zero-order valence-corrected chi connectivity index (χ0v) is 29.7. The molecule has 1 amide bonds. The number of anilines is 2. The van der Waals surface area contributed by atoms with Crippen LogP contribution >= 0.6 is 11.3 Å². The summed E-state index contributed by atoms with van der Waals surface area (Å²) in [6, 6.07) is 7.64. The molecule has 6 N–H and O–H groups in total. The van der Waals surface area contributed by atoms with E-state index in [1.54, 1.807) is 45.2 Å². The van der Waals surface area contributed by atoms with Crippen molar-refractivity contribution in [2.24, 2.45) is 18.7 Å². The van der Waals surface area contributed by atoms with E-state index in [1.807, 2.05) is 0 Å². The van der Waals surface area contributed by atoms with Gasteiger partial charge in [-0.2, -0.15) is 19.0 Å². The molecule has 2 aromatic carbocycles. The van der Waals surface area contributed by atoms with Gasteiger partial charge in [-0.15, -0.1) is 0 Å². The minimum Gasteiger partial charge on any atom is -0.389 e. The average Bonchev–Trinajstić information content (AvgIpc) is 3.36. The SMILES string of the molecule is Cn1nc(N)c2cccc(-c3cc4sc(NCC(C)(C)O)nc4nc3[C@@H](Cc3cc(F)cc(F)c3)C(C(N)=O)n3nc(C(F)F)c4c3C(F)(F)[C@@H]3C[C@H]43)c21. The summed E-state index contributed by atoms with van der Waals surface area (Å²) in [6.45, 7) is 3.32. The highest BCUT2D eigenvalue weighted by molar-refractivity contribution is 7.22. The molecular formula is C36H33F6N9O2S. The Labute approximate surface area is 307 Å². The number of carbonyl (C=O) groups is 1. The highest BCUT2D eigenvalue weighted by Crippen LogP contribution is 2.68. The number of hydrogen-bond acceptors (Lipinski definition) is 9. The van der Waals surface area contributed by atoms with Crippen molar-refractivity contribution in [3.8, 4) is 11.1 Å². The molecule has 0 spiro atoms. The van der Waals surface area contributed by atoms with Crippen LogP contribution in [0.2, 0.25) is 0 Å². The molecule has 11 nitrogen and oxygen atoms in total. The summed E-state index contributed by atoms with van der Waals surface area (Å²) in [7, 11) is 1.66. The van der Waals surface area contributed by atoms with E-state index in [0.29, 0.717) is 42.6 Å². The highest BCUT2D eigenvalue weighted by Gasteiger charge is 2.67. The lowest BCUT2D eigenvalue weighted by molar-refractivity contribution is -0.122. The average molecular weight is 770 g/mol. The molecule has 282 valence electrons. The van der Waals surface area contributed by atoms with Gasteiger partial charge in [0.2, 0.25) is 5.91 Å². The van der Waals surface area contributed by atoms with Gasteiger partial charge in [0.1, 0.15) is 29.1 Å². The molecular weight excluding hydrogens is 737 g/mol. The lowest BCUT2D eigenvalue weighted by Gasteiger charge is -2.29. The Hall–Kier alpha value is -5.23. The fourth-order valence-corrected chi connectivity index (χ4v) is 8.61. The van der Waals surface area contributed by atoms with Gasteiger partial charge in [-0.05, 0) is 62.4 Å². The second-order valence-corrected chi connectivity index (χ2v) is 15.6. The predicted molar refractivity (Wildman–Crippen MR) is 189 cm³/mol. The maximum absolute atomic E-state index is 16.0. The van der Waals surface area contributed by atoms with Gasteiger partial charge in [0.25, 0.3) is 12.3 Å². The minimum atomic E-state index is -3.63. The number of nitrogens with zero attached hydrogens (tertiary/aromatic N) is 6. The first-order chi connectivity index (χ1) is 25.4. The van der Waals surface area contributed by atoms with Crippen molar-refractivity contribution in [3.63, 3.8) is 0 Å². The number of nitrogens with two attached hydrogens (primary N) is 2. The molecule has 1 unspecified atom stereocenters. The molecule has 4 atom stereocenters. The highest BCUT2D eigenvalue weighted by atomic mass is 32.1. The van der Waals surface area contributed by atoms with Crippen LogP contribution < -0.4 is 16.8 Å². The number of fused-ring (bicyclic) bond motifs is 5. The largest absolute Gasteiger partial charge is 0.389 e. The molecule has 18 heteroatoms. The normalized spacial score (nSPS) is 18.6. The fraction of sp³-hybridized carbons (Fsp3) is 0.361. The number of aromatic nitrogens is 6. The summed E-state index contributed by atoms with van der Waals surface area (Å²) < 4.78 is 93.2. The molecule has 0 bridgehead atoms. The molecule has 2 aliphatic carbocycles.